The van der Waals surface area contributed by atoms with Gasteiger partial charge in [-0.2, -0.15) is 0 Å². The molecule has 0 atom stereocenters. The molecule has 2 bridgehead atoms. The van der Waals surface area contributed by atoms with Crippen LogP contribution < -0.4 is 5.32 Å². The van der Waals surface area contributed by atoms with Crippen LogP contribution in [-0.2, 0) is 4.79 Å². The molecule has 2 heterocycles. The van der Waals surface area contributed by atoms with Crippen LogP contribution in [0, 0.1) is 0 Å². The molecular weight excluding hydrogens is 130 g/mol. The average Bonchev–Trinajstić information content (AvgIpc) is 2.45. The summed E-state index contributed by atoms with van der Waals surface area (Å²) in [4.78, 5) is 10.7. The van der Waals surface area contributed by atoms with Crippen molar-refractivity contribution in [1.82, 2.24) is 5.32 Å². The van der Waals surface area contributed by atoms with E-state index in [1.165, 1.54) is 0 Å². The lowest BCUT2D eigenvalue weighted by Gasteiger charge is -2.19. The molecule has 3 heteroatoms. The fourth-order valence-electron chi connectivity index (χ4n) is 2.07. The van der Waals surface area contributed by atoms with Gasteiger partial charge in [0.15, 0.2) is 0 Å². The number of hydrogen-bond donors (Lipinski definition) is 2. The lowest BCUT2D eigenvalue weighted by atomic mass is 9.88. The van der Waals surface area contributed by atoms with Crippen molar-refractivity contribution >= 4 is 5.97 Å². The second-order valence-corrected chi connectivity index (χ2v) is 3.31. The minimum absolute atomic E-state index is 0.496. The van der Waals surface area contributed by atoms with Gasteiger partial charge in [-0.25, -0.2) is 0 Å². The SMILES string of the molecule is O=C(O)[C@]12CC[C@@H](CC1)N2. The van der Waals surface area contributed by atoms with E-state index in [2.05, 4.69) is 5.32 Å². The fourth-order valence-corrected chi connectivity index (χ4v) is 2.07. The van der Waals surface area contributed by atoms with Crippen LogP contribution in [-0.4, -0.2) is 22.7 Å². The molecule has 0 aromatic carbocycles. The lowest BCUT2D eigenvalue weighted by molar-refractivity contribution is -0.143. The number of aliphatic carboxylic acids is 1. The Morgan fingerprint density at radius 2 is 2.10 bits per heavy atom. The van der Waals surface area contributed by atoms with Crippen molar-refractivity contribution in [2.75, 3.05) is 0 Å². The first-order chi connectivity index (χ1) is 4.73. The first-order valence-corrected chi connectivity index (χ1v) is 3.74. The van der Waals surface area contributed by atoms with Gasteiger partial charge in [0, 0.05) is 6.04 Å². The van der Waals surface area contributed by atoms with Gasteiger partial charge in [-0.15, -0.1) is 0 Å². The summed E-state index contributed by atoms with van der Waals surface area (Å²) in [6.07, 6.45) is 3.75. The second kappa shape index (κ2) is 1.72. The van der Waals surface area contributed by atoms with Crippen molar-refractivity contribution in [2.24, 2.45) is 0 Å². The van der Waals surface area contributed by atoms with E-state index in [4.69, 9.17) is 5.11 Å². The maximum Gasteiger partial charge on any atom is 0.323 e. The van der Waals surface area contributed by atoms with Crippen LogP contribution in [0.15, 0.2) is 0 Å². The highest BCUT2D eigenvalue weighted by atomic mass is 16.4. The number of nitrogens with one attached hydrogen (secondary N) is 1. The zero-order chi connectivity index (χ0) is 7.19. The third kappa shape index (κ3) is 0.611. The maximum atomic E-state index is 10.7. The minimum atomic E-state index is -0.660. The molecule has 10 heavy (non-hydrogen) atoms. The molecule has 2 fully saturated rings. The summed E-state index contributed by atoms with van der Waals surface area (Å²) in [5.41, 5.74) is -0.523. The third-order valence-electron chi connectivity index (χ3n) is 2.73. The van der Waals surface area contributed by atoms with Crippen molar-refractivity contribution in [3.63, 3.8) is 0 Å². The largest absolute Gasteiger partial charge is 0.480 e. The Hall–Kier alpha value is -0.570. The number of carboxylic acids is 1. The summed E-state index contributed by atoms with van der Waals surface area (Å²) < 4.78 is 0. The molecular formula is C7H11NO2. The molecule has 0 amide bonds. The molecule has 3 nitrogen and oxygen atoms in total. The zero-order valence-electron chi connectivity index (χ0n) is 5.76. The summed E-state index contributed by atoms with van der Waals surface area (Å²) in [7, 11) is 0. The Kier molecular flexibility index (Phi) is 1.06. The number of rotatable bonds is 1. The number of carboxylic acid groups (broad SMARTS) is 1. The van der Waals surface area contributed by atoms with Crippen LogP contribution in [0.25, 0.3) is 0 Å². The van der Waals surface area contributed by atoms with Crippen LogP contribution in [0.1, 0.15) is 25.7 Å². The van der Waals surface area contributed by atoms with E-state index in [1.54, 1.807) is 0 Å². The van der Waals surface area contributed by atoms with Gasteiger partial charge in [0.2, 0.25) is 0 Å². The Morgan fingerprint density at radius 3 is 2.30 bits per heavy atom. The third-order valence-corrected chi connectivity index (χ3v) is 2.73. The molecule has 2 aliphatic rings. The first kappa shape index (κ1) is 6.16. The van der Waals surface area contributed by atoms with Crippen LogP contribution in [0.4, 0.5) is 0 Å². The summed E-state index contributed by atoms with van der Waals surface area (Å²) >= 11 is 0. The van der Waals surface area contributed by atoms with Crippen molar-refractivity contribution in [2.45, 2.75) is 37.3 Å². The highest BCUT2D eigenvalue weighted by Crippen LogP contribution is 2.37. The predicted molar refractivity (Wildman–Crippen MR) is 35.8 cm³/mol. The van der Waals surface area contributed by atoms with Gasteiger partial charge in [0.1, 0.15) is 5.54 Å². The standard InChI is InChI=1S/C7H11NO2/c9-6(10)7-3-1-5(8-7)2-4-7/h5,8H,1-4H2,(H,9,10)/t5-,7-. The van der Waals surface area contributed by atoms with Crippen molar-refractivity contribution in [3.8, 4) is 0 Å². The molecule has 0 radical (unpaired) electrons. The average molecular weight is 141 g/mol. The van der Waals surface area contributed by atoms with Crippen molar-refractivity contribution in [1.29, 1.82) is 0 Å². The molecule has 0 spiro atoms. The smallest absolute Gasteiger partial charge is 0.323 e. The van der Waals surface area contributed by atoms with Gasteiger partial charge in [-0.05, 0) is 25.7 Å². The molecule has 2 N–H and O–H groups in total. The Bertz CT molecular complexity index is 170. The van der Waals surface area contributed by atoms with Crippen molar-refractivity contribution < 1.29 is 9.90 Å². The van der Waals surface area contributed by atoms with Crippen LogP contribution in [0.2, 0.25) is 0 Å². The molecule has 0 aromatic heterocycles. The predicted octanol–water partition coefficient (Wildman–Crippen LogP) is 0.356. The van der Waals surface area contributed by atoms with Crippen LogP contribution in [0.3, 0.4) is 0 Å². The normalized spacial score (nSPS) is 44.2. The maximum absolute atomic E-state index is 10.7. The fraction of sp³-hybridized carbons (Fsp3) is 0.857. The highest BCUT2D eigenvalue weighted by molar-refractivity contribution is 5.80. The second-order valence-electron chi connectivity index (χ2n) is 3.31. The summed E-state index contributed by atoms with van der Waals surface area (Å²) in [6, 6.07) is 0.496. The molecule has 2 rings (SSSR count). The van der Waals surface area contributed by atoms with E-state index in [0.29, 0.717) is 6.04 Å². The van der Waals surface area contributed by atoms with Gasteiger partial charge in [0.25, 0.3) is 0 Å². The van der Waals surface area contributed by atoms with Crippen LogP contribution >= 0.6 is 0 Å². The Balaban J connectivity index is 2.23. The topological polar surface area (TPSA) is 49.3 Å². The quantitative estimate of drug-likeness (QED) is 0.554. The van der Waals surface area contributed by atoms with Gasteiger partial charge in [0.05, 0.1) is 0 Å². The number of fused-ring (bicyclic) bond motifs is 2. The van der Waals surface area contributed by atoms with Gasteiger partial charge in [-0.3, -0.25) is 10.1 Å². The Labute approximate surface area is 59.4 Å². The molecule has 2 aliphatic heterocycles. The summed E-state index contributed by atoms with van der Waals surface area (Å²) in [5, 5.41) is 12.0. The molecule has 0 aliphatic carbocycles. The molecule has 0 saturated carbocycles. The number of hydrogen-bond acceptors (Lipinski definition) is 2. The highest BCUT2D eigenvalue weighted by Gasteiger charge is 2.49. The minimum Gasteiger partial charge on any atom is -0.480 e. The van der Waals surface area contributed by atoms with Gasteiger partial charge >= 0.3 is 5.97 Å². The molecule has 0 unspecified atom stereocenters. The molecule has 2 saturated heterocycles. The Morgan fingerprint density at radius 1 is 1.50 bits per heavy atom. The van der Waals surface area contributed by atoms with E-state index < -0.39 is 11.5 Å². The van der Waals surface area contributed by atoms with Gasteiger partial charge < -0.3 is 5.11 Å². The summed E-state index contributed by atoms with van der Waals surface area (Å²) in [6.45, 7) is 0. The molecule has 56 valence electrons. The van der Waals surface area contributed by atoms with E-state index in [0.717, 1.165) is 25.7 Å². The van der Waals surface area contributed by atoms with E-state index in [9.17, 15) is 4.79 Å². The zero-order valence-corrected chi connectivity index (χ0v) is 5.76. The van der Waals surface area contributed by atoms with E-state index in [-0.39, 0.29) is 0 Å². The number of carbonyl (C=O) groups is 1. The first-order valence-electron chi connectivity index (χ1n) is 3.74. The van der Waals surface area contributed by atoms with E-state index >= 15 is 0 Å². The summed E-state index contributed by atoms with van der Waals surface area (Å²) in [5.74, 6) is -0.660. The monoisotopic (exact) mass is 141 g/mol. The van der Waals surface area contributed by atoms with Crippen LogP contribution in [0.5, 0.6) is 0 Å². The van der Waals surface area contributed by atoms with Gasteiger partial charge in [-0.1, -0.05) is 0 Å². The van der Waals surface area contributed by atoms with E-state index in [1.807, 2.05) is 0 Å². The van der Waals surface area contributed by atoms with Crippen molar-refractivity contribution in [3.05, 3.63) is 0 Å². The molecule has 0 aromatic rings. The lowest BCUT2D eigenvalue weighted by Crippen LogP contribution is -2.44.